The average Bonchev–Trinajstić information content (AvgIpc) is 2.78. The number of hydrogen-bond acceptors (Lipinski definition) is 6. The van der Waals surface area contributed by atoms with Gasteiger partial charge in [0.1, 0.15) is 0 Å². The van der Waals surface area contributed by atoms with E-state index in [1.54, 1.807) is 0 Å². The molecule has 2 rings (SSSR count). The fraction of sp³-hybridized carbons (Fsp3) is 0.800. The van der Waals surface area contributed by atoms with E-state index in [4.69, 9.17) is 0 Å². The lowest BCUT2D eigenvalue weighted by Crippen LogP contribution is -2.19. The van der Waals surface area contributed by atoms with Crippen molar-refractivity contribution in [2.24, 2.45) is 10.8 Å². The molecule has 0 atom stereocenters. The molecule has 0 aliphatic heterocycles. The van der Waals surface area contributed by atoms with Crippen LogP contribution in [0.15, 0.2) is 0 Å². The van der Waals surface area contributed by atoms with Gasteiger partial charge in [0.15, 0.2) is 0 Å². The molecule has 0 bridgehead atoms. The molecule has 1 saturated carbocycles. The molecule has 2 N–H and O–H groups in total. The van der Waals surface area contributed by atoms with Crippen LogP contribution in [0.2, 0.25) is 0 Å². The van der Waals surface area contributed by atoms with Crippen molar-refractivity contribution in [2.75, 3.05) is 36.2 Å². The summed E-state index contributed by atoms with van der Waals surface area (Å²) >= 11 is 0. The summed E-state index contributed by atoms with van der Waals surface area (Å²) in [6.45, 7) is 12.1. The maximum Gasteiger partial charge on any atom is 0.231 e. The number of anilines is 3. The highest BCUT2D eigenvalue weighted by molar-refractivity contribution is 5.45. The zero-order valence-electron chi connectivity index (χ0n) is 14.3. The molecule has 1 aliphatic carbocycles. The van der Waals surface area contributed by atoms with Crippen molar-refractivity contribution in [1.29, 1.82) is 0 Å². The van der Waals surface area contributed by atoms with Crippen molar-refractivity contribution >= 4 is 17.8 Å². The van der Waals surface area contributed by atoms with Crippen molar-refractivity contribution in [3.05, 3.63) is 0 Å². The lowest BCUT2D eigenvalue weighted by atomic mass is 10.0. The second kappa shape index (κ2) is 5.31. The minimum Gasteiger partial charge on any atom is -0.354 e. The molecule has 0 radical (unpaired) electrons. The molecule has 0 saturated heterocycles. The quantitative estimate of drug-likeness (QED) is 0.840. The lowest BCUT2D eigenvalue weighted by Gasteiger charge is -2.14. The SMILES string of the molecule is CCCNc1nc(NC2C(C)(C)C2(C)C)nc(N(C)C)n1. The highest BCUT2D eigenvalue weighted by Crippen LogP contribution is 2.63. The Morgan fingerprint density at radius 3 is 2.05 bits per heavy atom. The van der Waals surface area contributed by atoms with Gasteiger partial charge in [-0.3, -0.25) is 0 Å². The Morgan fingerprint density at radius 1 is 1.00 bits per heavy atom. The Hall–Kier alpha value is -1.59. The van der Waals surface area contributed by atoms with Crippen LogP contribution in [-0.2, 0) is 0 Å². The van der Waals surface area contributed by atoms with Gasteiger partial charge in [0.25, 0.3) is 0 Å². The maximum atomic E-state index is 4.50. The zero-order valence-corrected chi connectivity index (χ0v) is 14.3. The predicted molar refractivity (Wildman–Crippen MR) is 87.9 cm³/mol. The zero-order chi connectivity index (χ0) is 15.8. The van der Waals surface area contributed by atoms with Crippen LogP contribution < -0.4 is 15.5 Å². The van der Waals surface area contributed by atoms with Gasteiger partial charge in [-0.2, -0.15) is 15.0 Å². The van der Waals surface area contributed by atoms with E-state index in [1.807, 2.05) is 19.0 Å². The third kappa shape index (κ3) is 2.89. The Bertz CT molecular complexity index is 495. The van der Waals surface area contributed by atoms with Crippen LogP contribution in [0.4, 0.5) is 17.8 Å². The van der Waals surface area contributed by atoms with Crippen molar-refractivity contribution in [1.82, 2.24) is 15.0 Å². The Labute approximate surface area is 127 Å². The molecule has 6 nitrogen and oxygen atoms in total. The fourth-order valence-electron chi connectivity index (χ4n) is 2.63. The minimum absolute atomic E-state index is 0.245. The smallest absolute Gasteiger partial charge is 0.231 e. The van der Waals surface area contributed by atoms with E-state index >= 15 is 0 Å². The van der Waals surface area contributed by atoms with E-state index in [9.17, 15) is 0 Å². The van der Waals surface area contributed by atoms with Gasteiger partial charge < -0.3 is 15.5 Å². The molecule has 0 amide bonds. The Kier molecular flexibility index (Phi) is 4.00. The first-order valence-electron chi connectivity index (χ1n) is 7.64. The highest BCUT2D eigenvalue weighted by Gasteiger charge is 2.65. The minimum atomic E-state index is 0.245. The number of nitrogens with zero attached hydrogens (tertiary/aromatic N) is 4. The summed E-state index contributed by atoms with van der Waals surface area (Å²) in [5.41, 5.74) is 0.490. The van der Waals surface area contributed by atoms with Gasteiger partial charge in [-0.1, -0.05) is 34.6 Å². The Morgan fingerprint density at radius 2 is 1.57 bits per heavy atom. The predicted octanol–water partition coefficient (Wildman–Crippen LogP) is 2.61. The van der Waals surface area contributed by atoms with Gasteiger partial charge in [0.05, 0.1) is 0 Å². The van der Waals surface area contributed by atoms with E-state index in [0.29, 0.717) is 23.9 Å². The molecule has 118 valence electrons. The largest absolute Gasteiger partial charge is 0.354 e. The summed E-state index contributed by atoms with van der Waals surface area (Å²) in [5, 5.41) is 6.72. The van der Waals surface area contributed by atoms with E-state index in [-0.39, 0.29) is 10.8 Å². The molecule has 1 aromatic rings. The summed E-state index contributed by atoms with van der Waals surface area (Å²) in [5.74, 6) is 1.95. The standard InChI is InChI=1S/C15H28N6/c1-8-9-16-11-18-12(20-13(19-11)21(6)7)17-10-14(2,3)15(10,4)5/h10H,8-9H2,1-7H3,(H2,16,17,18,19,20). The molecule has 0 spiro atoms. The topological polar surface area (TPSA) is 66.0 Å². The van der Waals surface area contributed by atoms with Crippen LogP contribution in [0.25, 0.3) is 0 Å². The van der Waals surface area contributed by atoms with Crippen LogP contribution >= 0.6 is 0 Å². The van der Waals surface area contributed by atoms with Crippen molar-refractivity contribution in [3.63, 3.8) is 0 Å². The molecule has 1 aromatic heterocycles. The van der Waals surface area contributed by atoms with Gasteiger partial charge in [0, 0.05) is 26.7 Å². The third-order valence-corrected chi connectivity index (χ3v) is 4.85. The molecular weight excluding hydrogens is 264 g/mol. The first-order valence-corrected chi connectivity index (χ1v) is 7.64. The second-order valence-electron chi connectivity index (χ2n) is 7.12. The molecule has 0 aromatic carbocycles. The van der Waals surface area contributed by atoms with Crippen LogP contribution in [0.5, 0.6) is 0 Å². The van der Waals surface area contributed by atoms with E-state index in [0.717, 1.165) is 13.0 Å². The molecule has 1 fully saturated rings. The molecule has 0 unspecified atom stereocenters. The summed E-state index contributed by atoms with van der Waals surface area (Å²) in [6.07, 6.45) is 1.04. The van der Waals surface area contributed by atoms with Crippen molar-refractivity contribution in [3.8, 4) is 0 Å². The monoisotopic (exact) mass is 292 g/mol. The van der Waals surface area contributed by atoms with Crippen LogP contribution in [0, 0.1) is 10.8 Å². The van der Waals surface area contributed by atoms with Gasteiger partial charge in [0.2, 0.25) is 17.8 Å². The van der Waals surface area contributed by atoms with E-state index in [2.05, 4.69) is 60.2 Å². The Balaban J connectivity index is 2.21. The summed E-state index contributed by atoms with van der Waals surface area (Å²) in [4.78, 5) is 15.3. The van der Waals surface area contributed by atoms with Crippen LogP contribution in [0.1, 0.15) is 41.0 Å². The van der Waals surface area contributed by atoms with Gasteiger partial charge in [-0.05, 0) is 17.3 Å². The summed E-state index contributed by atoms with van der Waals surface area (Å²) in [6, 6.07) is 0.376. The van der Waals surface area contributed by atoms with Gasteiger partial charge in [-0.25, -0.2) is 0 Å². The molecule has 1 heterocycles. The molecule has 6 heteroatoms. The third-order valence-electron chi connectivity index (χ3n) is 4.85. The van der Waals surface area contributed by atoms with Crippen molar-refractivity contribution in [2.45, 2.75) is 47.1 Å². The van der Waals surface area contributed by atoms with Crippen molar-refractivity contribution < 1.29 is 0 Å². The second-order valence-corrected chi connectivity index (χ2v) is 7.12. The fourth-order valence-corrected chi connectivity index (χ4v) is 2.63. The normalized spacial score (nSPS) is 19.2. The number of rotatable bonds is 6. The number of nitrogens with one attached hydrogen (secondary N) is 2. The summed E-state index contributed by atoms with van der Waals surface area (Å²) < 4.78 is 0. The molecule has 21 heavy (non-hydrogen) atoms. The summed E-state index contributed by atoms with van der Waals surface area (Å²) in [7, 11) is 3.88. The van der Waals surface area contributed by atoms with Gasteiger partial charge in [-0.15, -0.1) is 0 Å². The first kappa shape index (κ1) is 15.8. The average molecular weight is 292 g/mol. The van der Waals surface area contributed by atoms with Gasteiger partial charge >= 0.3 is 0 Å². The highest BCUT2D eigenvalue weighted by atomic mass is 15.3. The van der Waals surface area contributed by atoms with Crippen LogP contribution in [0.3, 0.4) is 0 Å². The lowest BCUT2D eigenvalue weighted by molar-refractivity contribution is 0.457. The first-order chi connectivity index (χ1) is 9.70. The van der Waals surface area contributed by atoms with Crippen LogP contribution in [-0.4, -0.2) is 41.6 Å². The van der Waals surface area contributed by atoms with E-state index in [1.165, 1.54) is 0 Å². The maximum absolute atomic E-state index is 4.50. The number of aromatic nitrogens is 3. The van der Waals surface area contributed by atoms with E-state index < -0.39 is 0 Å². The molecule has 1 aliphatic rings. The number of hydrogen-bond donors (Lipinski definition) is 2. The molecular formula is C15H28N6.